The quantitative estimate of drug-likeness (QED) is 0.454. The first-order chi connectivity index (χ1) is 12.2. The molecule has 0 saturated carbocycles. The minimum Gasteiger partial charge on any atom is -0.471 e. The van der Waals surface area contributed by atoms with Crippen LogP contribution in [0.2, 0.25) is 10.0 Å². The number of thiazole rings is 1. The standard InChI is InChI=1S/C18H11Cl2N3OS/c19-12-6-14-16(15(20)7-12)21-10-22-17(14)24-8-13-9-25-18(23-13)11-4-2-1-3-5-11/h1-7,9-10H,8H2. The molecule has 2 aromatic carbocycles. The molecule has 4 aromatic rings. The van der Waals surface area contributed by atoms with Gasteiger partial charge in [-0.3, -0.25) is 0 Å². The van der Waals surface area contributed by atoms with Gasteiger partial charge < -0.3 is 4.74 Å². The van der Waals surface area contributed by atoms with E-state index in [1.54, 1.807) is 23.5 Å². The first kappa shape index (κ1) is 16.3. The van der Waals surface area contributed by atoms with Crippen LogP contribution >= 0.6 is 34.5 Å². The molecule has 0 amide bonds. The third-order valence-electron chi connectivity index (χ3n) is 3.55. The zero-order chi connectivity index (χ0) is 17.2. The van der Waals surface area contributed by atoms with Gasteiger partial charge in [0.25, 0.3) is 0 Å². The first-order valence-corrected chi connectivity index (χ1v) is 9.06. The summed E-state index contributed by atoms with van der Waals surface area (Å²) in [6.07, 6.45) is 1.42. The molecular formula is C18H11Cl2N3OS. The highest BCUT2D eigenvalue weighted by Crippen LogP contribution is 2.31. The molecular weight excluding hydrogens is 377 g/mol. The molecule has 4 rings (SSSR count). The topological polar surface area (TPSA) is 47.9 Å². The zero-order valence-corrected chi connectivity index (χ0v) is 15.1. The minimum atomic E-state index is 0.305. The van der Waals surface area contributed by atoms with Crippen molar-refractivity contribution in [3.63, 3.8) is 0 Å². The number of halogens is 2. The molecule has 0 unspecified atom stereocenters. The Morgan fingerprint density at radius 2 is 1.88 bits per heavy atom. The largest absolute Gasteiger partial charge is 0.471 e. The zero-order valence-electron chi connectivity index (χ0n) is 12.8. The lowest BCUT2D eigenvalue weighted by Crippen LogP contribution is -1.99. The number of hydrogen-bond donors (Lipinski definition) is 0. The van der Waals surface area contributed by atoms with E-state index in [1.165, 1.54) is 6.33 Å². The highest BCUT2D eigenvalue weighted by molar-refractivity contribution is 7.13. The molecule has 2 aromatic heterocycles. The summed E-state index contributed by atoms with van der Waals surface area (Å²) in [5.74, 6) is 0.434. The Balaban J connectivity index is 1.58. The Kier molecular flexibility index (Phi) is 4.53. The van der Waals surface area contributed by atoms with Crippen LogP contribution < -0.4 is 4.74 Å². The highest BCUT2D eigenvalue weighted by atomic mass is 35.5. The van der Waals surface area contributed by atoms with Crippen LogP contribution in [0.1, 0.15) is 5.69 Å². The van der Waals surface area contributed by atoms with Crippen LogP contribution in [0.15, 0.2) is 54.2 Å². The fourth-order valence-corrected chi connectivity index (χ4v) is 3.77. The first-order valence-electron chi connectivity index (χ1n) is 7.43. The Labute approximate surface area is 158 Å². The average Bonchev–Trinajstić information content (AvgIpc) is 3.10. The van der Waals surface area contributed by atoms with Crippen LogP contribution in [0.5, 0.6) is 5.88 Å². The second kappa shape index (κ2) is 6.96. The van der Waals surface area contributed by atoms with Gasteiger partial charge in [0.15, 0.2) is 0 Å². The normalized spacial score (nSPS) is 11.0. The lowest BCUT2D eigenvalue weighted by Gasteiger charge is -2.07. The van der Waals surface area contributed by atoms with Gasteiger partial charge in [0.1, 0.15) is 17.9 Å². The second-order valence-corrected chi connectivity index (χ2v) is 6.96. The van der Waals surface area contributed by atoms with Crippen molar-refractivity contribution in [3.8, 4) is 16.5 Å². The molecule has 0 aliphatic carbocycles. The molecule has 0 fully saturated rings. The van der Waals surface area contributed by atoms with Crippen LogP contribution in [0.25, 0.3) is 21.5 Å². The maximum Gasteiger partial charge on any atom is 0.224 e. The maximum atomic E-state index is 6.18. The summed E-state index contributed by atoms with van der Waals surface area (Å²) in [6, 6.07) is 13.4. The third-order valence-corrected chi connectivity index (χ3v) is 5.00. The van der Waals surface area contributed by atoms with Gasteiger partial charge in [0, 0.05) is 16.0 Å². The van der Waals surface area contributed by atoms with Gasteiger partial charge in [-0.15, -0.1) is 11.3 Å². The van der Waals surface area contributed by atoms with Crippen LogP contribution in [0, 0.1) is 0 Å². The fraction of sp³-hybridized carbons (Fsp3) is 0.0556. The summed E-state index contributed by atoms with van der Waals surface area (Å²) in [6.45, 7) is 0.305. The van der Waals surface area contributed by atoms with Crippen LogP contribution in [-0.2, 0) is 6.61 Å². The van der Waals surface area contributed by atoms with E-state index >= 15 is 0 Å². The molecule has 7 heteroatoms. The van der Waals surface area contributed by atoms with E-state index < -0.39 is 0 Å². The molecule has 0 radical (unpaired) electrons. The van der Waals surface area contributed by atoms with Crippen molar-refractivity contribution in [3.05, 3.63) is 69.9 Å². The van der Waals surface area contributed by atoms with Crippen molar-refractivity contribution in [2.24, 2.45) is 0 Å². The van der Waals surface area contributed by atoms with Crippen molar-refractivity contribution < 1.29 is 4.74 Å². The maximum absolute atomic E-state index is 6.18. The van der Waals surface area contributed by atoms with E-state index in [1.807, 2.05) is 35.7 Å². The van der Waals surface area contributed by atoms with E-state index in [9.17, 15) is 0 Å². The van der Waals surface area contributed by atoms with Crippen molar-refractivity contribution in [2.45, 2.75) is 6.61 Å². The van der Waals surface area contributed by atoms with Gasteiger partial charge in [-0.25, -0.2) is 15.0 Å². The Morgan fingerprint density at radius 1 is 1.04 bits per heavy atom. The van der Waals surface area contributed by atoms with E-state index in [0.29, 0.717) is 33.4 Å². The molecule has 0 aliphatic heterocycles. The molecule has 0 atom stereocenters. The third kappa shape index (κ3) is 3.44. The Hall–Kier alpha value is -2.21. The summed E-state index contributed by atoms with van der Waals surface area (Å²) < 4.78 is 5.84. The molecule has 124 valence electrons. The Bertz CT molecular complexity index is 1040. The molecule has 0 aliphatic rings. The molecule has 0 N–H and O–H groups in total. The fourth-order valence-electron chi connectivity index (χ4n) is 2.41. The minimum absolute atomic E-state index is 0.305. The summed E-state index contributed by atoms with van der Waals surface area (Å²) in [5, 5.41) is 4.59. The van der Waals surface area contributed by atoms with Crippen LogP contribution in [0.4, 0.5) is 0 Å². The van der Waals surface area contributed by atoms with Crippen LogP contribution in [0.3, 0.4) is 0 Å². The molecule has 0 spiro atoms. The van der Waals surface area contributed by atoms with Crippen molar-refractivity contribution >= 4 is 45.4 Å². The van der Waals surface area contributed by atoms with Crippen molar-refractivity contribution in [2.75, 3.05) is 0 Å². The average molecular weight is 388 g/mol. The molecule has 4 nitrogen and oxygen atoms in total. The van der Waals surface area contributed by atoms with E-state index in [4.69, 9.17) is 27.9 Å². The summed E-state index contributed by atoms with van der Waals surface area (Å²) in [5.41, 5.74) is 2.54. The molecule has 2 heterocycles. The number of rotatable bonds is 4. The number of hydrogen-bond acceptors (Lipinski definition) is 5. The lowest BCUT2D eigenvalue weighted by molar-refractivity contribution is 0.294. The summed E-state index contributed by atoms with van der Waals surface area (Å²) >= 11 is 13.8. The van der Waals surface area contributed by atoms with Gasteiger partial charge in [0.05, 0.1) is 21.6 Å². The number of benzene rings is 2. The van der Waals surface area contributed by atoms with E-state index in [2.05, 4.69) is 15.0 Å². The second-order valence-electron chi connectivity index (χ2n) is 5.26. The van der Waals surface area contributed by atoms with Gasteiger partial charge >= 0.3 is 0 Å². The van der Waals surface area contributed by atoms with E-state index in [-0.39, 0.29) is 0 Å². The smallest absolute Gasteiger partial charge is 0.224 e. The molecule has 0 bridgehead atoms. The number of nitrogens with zero attached hydrogens (tertiary/aromatic N) is 3. The van der Waals surface area contributed by atoms with Crippen LogP contribution in [-0.4, -0.2) is 15.0 Å². The predicted molar refractivity (Wildman–Crippen MR) is 101 cm³/mol. The Morgan fingerprint density at radius 3 is 2.72 bits per heavy atom. The molecule has 0 saturated heterocycles. The molecule has 25 heavy (non-hydrogen) atoms. The van der Waals surface area contributed by atoms with Gasteiger partial charge in [-0.2, -0.15) is 0 Å². The number of ether oxygens (including phenoxy) is 1. The van der Waals surface area contributed by atoms with Crippen molar-refractivity contribution in [1.82, 2.24) is 15.0 Å². The van der Waals surface area contributed by atoms with Gasteiger partial charge in [-0.1, -0.05) is 53.5 Å². The van der Waals surface area contributed by atoms with Crippen molar-refractivity contribution in [1.29, 1.82) is 0 Å². The predicted octanol–water partition coefficient (Wildman–Crippen LogP) is 5.64. The monoisotopic (exact) mass is 387 g/mol. The SMILES string of the molecule is Clc1cc(Cl)c2ncnc(OCc3csc(-c4ccccc4)n3)c2c1. The number of fused-ring (bicyclic) bond motifs is 1. The van der Waals surface area contributed by atoms with E-state index in [0.717, 1.165) is 16.3 Å². The highest BCUT2D eigenvalue weighted by Gasteiger charge is 2.11. The van der Waals surface area contributed by atoms with Gasteiger partial charge in [0.2, 0.25) is 5.88 Å². The lowest BCUT2D eigenvalue weighted by atomic mass is 10.2. The van der Waals surface area contributed by atoms with Gasteiger partial charge in [-0.05, 0) is 12.1 Å². The summed E-state index contributed by atoms with van der Waals surface area (Å²) in [7, 11) is 0. The summed E-state index contributed by atoms with van der Waals surface area (Å²) in [4.78, 5) is 13.0. The number of aromatic nitrogens is 3.